The van der Waals surface area contributed by atoms with Crippen LogP contribution in [0.15, 0.2) is 18.3 Å². The molecule has 2 N–H and O–H groups in total. The Morgan fingerprint density at radius 3 is 2.65 bits per heavy atom. The van der Waals surface area contributed by atoms with Gasteiger partial charge in [0.25, 0.3) is 5.91 Å². The number of carbonyl (C=O) groups excluding carboxylic acids is 1. The Morgan fingerprint density at radius 2 is 2.12 bits per heavy atom. The lowest BCUT2D eigenvalue weighted by Gasteiger charge is -2.23. The number of amides is 1. The first-order valence-corrected chi connectivity index (χ1v) is 5.27. The predicted molar refractivity (Wildman–Crippen MR) is 62.8 cm³/mol. The Hall–Kier alpha value is -1.91. The van der Waals surface area contributed by atoms with E-state index in [2.05, 4.69) is 10.3 Å². The molecule has 0 unspecified atom stereocenters. The van der Waals surface area contributed by atoms with Gasteiger partial charge < -0.3 is 10.4 Å². The molecule has 0 fully saturated rings. The molecule has 1 rings (SSSR count). The number of pyridine rings is 1. The van der Waals surface area contributed by atoms with Gasteiger partial charge in [-0.05, 0) is 38.5 Å². The molecule has 5 nitrogen and oxygen atoms in total. The van der Waals surface area contributed by atoms with E-state index in [0.29, 0.717) is 5.69 Å². The summed E-state index contributed by atoms with van der Waals surface area (Å²) in [6, 6.07) is 3.45. The average molecular weight is 236 g/mol. The smallest absolute Gasteiger partial charge is 0.305 e. The van der Waals surface area contributed by atoms with Gasteiger partial charge in [0.2, 0.25) is 0 Å². The van der Waals surface area contributed by atoms with Crippen molar-refractivity contribution >= 4 is 11.9 Å². The van der Waals surface area contributed by atoms with Crippen LogP contribution in [-0.2, 0) is 4.79 Å². The maximum atomic E-state index is 11.8. The molecule has 0 saturated heterocycles. The lowest BCUT2D eigenvalue weighted by atomic mass is 10.0. The molecule has 1 amide bonds. The molecule has 0 aromatic carbocycles. The number of aryl methyl sites for hydroxylation is 1. The summed E-state index contributed by atoms with van der Waals surface area (Å²) >= 11 is 0. The highest BCUT2D eigenvalue weighted by Gasteiger charge is 2.24. The van der Waals surface area contributed by atoms with Gasteiger partial charge in [-0.25, -0.2) is 0 Å². The fraction of sp³-hybridized carbons (Fsp3) is 0.417. The third kappa shape index (κ3) is 4.22. The first-order chi connectivity index (χ1) is 7.80. The summed E-state index contributed by atoms with van der Waals surface area (Å²) < 4.78 is 0. The van der Waals surface area contributed by atoms with Gasteiger partial charge in [-0.3, -0.25) is 14.6 Å². The van der Waals surface area contributed by atoms with Gasteiger partial charge in [0.05, 0.1) is 6.42 Å². The van der Waals surface area contributed by atoms with Crippen molar-refractivity contribution in [2.45, 2.75) is 32.7 Å². The van der Waals surface area contributed by atoms with Gasteiger partial charge in [-0.1, -0.05) is 0 Å². The lowest BCUT2D eigenvalue weighted by Crippen LogP contribution is -2.45. The zero-order chi connectivity index (χ0) is 13.1. The summed E-state index contributed by atoms with van der Waals surface area (Å²) in [5.74, 6) is -1.31. The molecule has 0 bridgehead atoms. The quantitative estimate of drug-likeness (QED) is 0.827. The highest BCUT2D eigenvalue weighted by atomic mass is 16.4. The highest BCUT2D eigenvalue weighted by molar-refractivity contribution is 5.93. The minimum atomic E-state index is -0.951. The molecule has 0 saturated carbocycles. The van der Waals surface area contributed by atoms with Crippen LogP contribution in [0.5, 0.6) is 0 Å². The van der Waals surface area contributed by atoms with Gasteiger partial charge in [0, 0.05) is 11.7 Å². The number of aliphatic carboxylic acids is 1. The molecule has 1 aromatic heterocycles. The van der Waals surface area contributed by atoms with Crippen molar-refractivity contribution < 1.29 is 14.7 Å². The first kappa shape index (κ1) is 13.2. The maximum Gasteiger partial charge on any atom is 0.305 e. The largest absolute Gasteiger partial charge is 0.481 e. The van der Waals surface area contributed by atoms with Crippen molar-refractivity contribution in [3.05, 3.63) is 29.6 Å². The third-order valence-electron chi connectivity index (χ3n) is 2.19. The first-order valence-electron chi connectivity index (χ1n) is 5.27. The zero-order valence-corrected chi connectivity index (χ0v) is 10.2. The van der Waals surface area contributed by atoms with E-state index < -0.39 is 11.5 Å². The van der Waals surface area contributed by atoms with E-state index in [1.807, 2.05) is 6.92 Å². The molecule has 1 heterocycles. The number of hydrogen-bond acceptors (Lipinski definition) is 3. The van der Waals surface area contributed by atoms with Crippen LogP contribution in [0, 0.1) is 6.92 Å². The van der Waals surface area contributed by atoms with Crippen molar-refractivity contribution in [1.29, 1.82) is 0 Å². The number of rotatable bonds is 4. The van der Waals surface area contributed by atoms with Crippen molar-refractivity contribution in [1.82, 2.24) is 10.3 Å². The van der Waals surface area contributed by atoms with Crippen LogP contribution in [0.1, 0.15) is 36.3 Å². The normalized spacial score (nSPS) is 11.0. The fourth-order valence-corrected chi connectivity index (χ4v) is 1.45. The molecule has 0 aliphatic carbocycles. The minimum Gasteiger partial charge on any atom is -0.481 e. The third-order valence-corrected chi connectivity index (χ3v) is 2.19. The van der Waals surface area contributed by atoms with Gasteiger partial charge >= 0.3 is 5.97 Å². The molecular formula is C12H16N2O3. The van der Waals surface area contributed by atoms with Crippen molar-refractivity contribution in [3.8, 4) is 0 Å². The molecule has 0 aliphatic heterocycles. The van der Waals surface area contributed by atoms with E-state index in [1.54, 1.807) is 32.2 Å². The van der Waals surface area contributed by atoms with E-state index in [4.69, 9.17) is 5.11 Å². The van der Waals surface area contributed by atoms with Crippen LogP contribution in [0.2, 0.25) is 0 Å². The van der Waals surface area contributed by atoms with E-state index in [0.717, 1.165) is 5.56 Å². The minimum absolute atomic E-state index is 0.134. The Kier molecular flexibility index (Phi) is 3.83. The van der Waals surface area contributed by atoms with E-state index in [9.17, 15) is 9.59 Å². The number of nitrogens with zero attached hydrogens (tertiary/aromatic N) is 1. The monoisotopic (exact) mass is 236 g/mol. The van der Waals surface area contributed by atoms with Crippen LogP contribution in [-0.4, -0.2) is 27.5 Å². The number of carboxylic acid groups (broad SMARTS) is 1. The molecule has 5 heteroatoms. The van der Waals surface area contributed by atoms with E-state index in [-0.39, 0.29) is 12.3 Å². The number of carbonyl (C=O) groups is 2. The molecule has 17 heavy (non-hydrogen) atoms. The molecule has 1 aromatic rings. The number of carboxylic acids is 1. The van der Waals surface area contributed by atoms with E-state index in [1.165, 1.54) is 0 Å². The second kappa shape index (κ2) is 4.95. The second-order valence-electron chi connectivity index (χ2n) is 4.63. The van der Waals surface area contributed by atoms with Crippen molar-refractivity contribution in [2.24, 2.45) is 0 Å². The van der Waals surface area contributed by atoms with Crippen LogP contribution in [0.25, 0.3) is 0 Å². The molecule has 0 spiro atoms. The SMILES string of the molecule is Cc1ccnc(C(=O)NC(C)(C)CC(=O)O)c1. The topological polar surface area (TPSA) is 79.3 Å². The highest BCUT2D eigenvalue weighted by Crippen LogP contribution is 2.10. The molecule has 0 aliphatic rings. The van der Waals surface area contributed by atoms with Crippen LogP contribution in [0.3, 0.4) is 0 Å². The molecule has 0 radical (unpaired) electrons. The van der Waals surface area contributed by atoms with Crippen molar-refractivity contribution in [3.63, 3.8) is 0 Å². The van der Waals surface area contributed by atoms with E-state index >= 15 is 0 Å². The summed E-state index contributed by atoms with van der Waals surface area (Å²) in [4.78, 5) is 26.4. The molecule has 0 atom stereocenters. The van der Waals surface area contributed by atoms with Gasteiger partial charge in [0.15, 0.2) is 0 Å². The number of aromatic nitrogens is 1. The summed E-state index contributed by atoms with van der Waals surface area (Å²) in [6.07, 6.45) is 1.42. The number of nitrogens with one attached hydrogen (secondary N) is 1. The second-order valence-corrected chi connectivity index (χ2v) is 4.63. The van der Waals surface area contributed by atoms with Crippen LogP contribution in [0.4, 0.5) is 0 Å². The van der Waals surface area contributed by atoms with Gasteiger partial charge in [-0.2, -0.15) is 0 Å². The Labute approximate surface area is 99.9 Å². The maximum absolute atomic E-state index is 11.8. The summed E-state index contributed by atoms with van der Waals surface area (Å²) in [5, 5.41) is 11.4. The molecule has 92 valence electrons. The number of hydrogen-bond donors (Lipinski definition) is 2. The summed E-state index contributed by atoms with van der Waals surface area (Å²) in [5.41, 5.74) is 0.429. The summed E-state index contributed by atoms with van der Waals surface area (Å²) in [7, 11) is 0. The summed E-state index contributed by atoms with van der Waals surface area (Å²) in [6.45, 7) is 5.19. The standard InChI is InChI=1S/C12H16N2O3/c1-8-4-5-13-9(6-8)11(17)14-12(2,3)7-10(15)16/h4-6H,7H2,1-3H3,(H,14,17)(H,15,16). The Bertz CT molecular complexity index is 441. The van der Waals surface area contributed by atoms with Gasteiger partial charge in [-0.15, -0.1) is 0 Å². The van der Waals surface area contributed by atoms with Gasteiger partial charge in [0.1, 0.15) is 5.69 Å². The lowest BCUT2D eigenvalue weighted by molar-refractivity contribution is -0.138. The van der Waals surface area contributed by atoms with Crippen molar-refractivity contribution in [2.75, 3.05) is 0 Å². The fourth-order valence-electron chi connectivity index (χ4n) is 1.45. The Morgan fingerprint density at radius 1 is 1.47 bits per heavy atom. The van der Waals surface area contributed by atoms with Crippen LogP contribution < -0.4 is 5.32 Å². The zero-order valence-electron chi connectivity index (χ0n) is 10.2. The average Bonchev–Trinajstić information content (AvgIpc) is 2.14. The molecular weight excluding hydrogens is 220 g/mol. The Balaban J connectivity index is 2.75. The predicted octanol–water partition coefficient (Wildman–Crippen LogP) is 1.37. The van der Waals surface area contributed by atoms with Crippen LogP contribution >= 0.6 is 0 Å².